The van der Waals surface area contributed by atoms with E-state index in [1.165, 1.54) is 7.11 Å². The fourth-order valence-corrected chi connectivity index (χ4v) is 1.43. The molecule has 0 radical (unpaired) electrons. The number of methoxy groups -OCH3 is 1. The second-order valence-electron chi connectivity index (χ2n) is 2.99. The molecule has 72 valence electrons. The highest BCUT2D eigenvalue weighted by Crippen LogP contribution is 2.27. The molecule has 0 aromatic heterocycles. The summed E-state index contributed by atoms with van der Waals surface area (Å²) in [6.07, 6.45) is 1.76. The fourth-order valence-electron chi connectivity index (χ4n) is 1.43. The lowest BCUT2D eigenvalue weighted by atomic mass is 10.1. The quantitative estimate of drug-likeness (QED) is 0.681. The SMILES string of the molecule is COC(=O)Cc1occc2cccc1-2. The number of rotatable bonds is 2. The lowest BCUT2D eigenvalue weighted by Gasteiger charge is -2.04. The number of hydrogen-bond acceptors (Lipinski definition) is 3. The van der Waals surface area contributed by atoms with Crippen molar-refractivity contribution in [3.8, 4) is 11.1 Å². The number of esters is 1. The Morgan fingerprint density at radius 1 is 1.43 bits per heavy atom. The average molecular weight is 190 g/mol. The van der Waals surface area contributed by atoms with Crippen molar-refractivity contribution >= 4 is 5.97 Å². The summed E-state index contributed by atoms with van der Waals surface area (Å²) >= 11 is 0. The van der Waals surface area contributed by atoms with Gasteiger partial charge in [0.2, 0.25) is 0 Å². The zero-order valence-corrected chi connectivity index (χ0v) is 7.82. The number of hydrogen-bond donors (Lipinski definition) is 0. The zero-order chi connectivity index (χ0) is 9.97. The van der Waals surface area contributed by atoms with Crippen LogP contribution in [-0.4, -0.2) is 13.1 Å². The second kappa shape index (κ2) is 3.54. The largest absolute Gasteiger partial charge is 0.469 e. The van der Waals surface area contributed by atoms with Crippen LogP contribution < -0.4 is 0 Å². The first-order valence-corrected chi connectivity index (χ1v) is 4.33. The van der Waals surface area contributed by atoms with Gasteiger partial charge in [-0.3, -0.25) is 4.79 Å². The van der Waals surface area contributed by atoms with Crippen molar-refractivity contribution in [3.05, 3.63) is 36.3 Å². The maximum Gasteiger partial charge on any atom is 0.313 e. The Morgan fingerprint density at radius 2 is 2.29 bits per heavy atom. The van der Waals surface area contributed by atoms with E-state index in [1.54, 1.807) is 6.26 Å². The van der Waals surface area contributed by atoms with Crippen LogP contribution in [0.1, 0.15) is 5.76 Å². The standard InChI is InChI=1S/C11H10O3/c1-13-11(12)7-10-9-4-2-3-8(9)5-6-14-10/h2-6H,7H2,1H3. The third-order valence-electron chi connectivity index (χ3n) is 2.14. The Kier molecular flexibility index (Phi) is 2.23. The minimum Gasteiger partial charge on any atom is -0.469 e. The maximum absolute atomic E-state index is 11.1. The van der Waals surface area contributed by atoms with Gasteiger partial charge in [-0.05, 0) is 11.6 Å². The Labute approximate surface area is 81.6 Å². The zero-order valence-electron chi connectivity index (χ0n) is 7.82. The maximum atomic E-state index is 11.1. The molecule has 1 heterocycles. The van der Waals surface area contributed by atoms with Crippen LogP contribution in [-0.2, 0) is 16.0 Å². The molecule has 0 unspecified atom stereocenters. The van der Waals surface area contributed by atoms with Crippen molar-refractivity contribution in [2.45, 2.75) is 6.42 Å². The summed E-state index contributed by atoms with van der Waals surface area (Å²) in [4.78, 5) is 11.1. The van der Waals surface area contributed by atoms with Crippen LogP contribution in [0.5, 0.6) is 0 Å². The highest BCUT2D eigenvalue weighted by Gasteiger charge is 2.13. The van der Waals surface area contributed by atoms with Gasteiger partial charge in [0.15, 0.2) is 0 Å². The van der Waals surface area contributed by atoms with Gasteiger partial charge in [0.1, 0.15) is 12.2 Å². The molecule has 0 amide bonds. The average Bonchev–Trinajstić information content (AvgIpc) is 2.66. The summed E-state index contributed by atoms with van der Waals surface area (Å²) in [6.45, 7) is 0. The Morgan fingerprint density at radius 3 is 3.07 bits per heavy atom. The molecule has 0 atom stereocenters. The first-order chi connectivity index (χ1) is 6.81. The van der Waals surface area contributed by atoms with Crippen molar-refractivity contribution in [3.63, 3.8) is 0 Å². The van der Waals surface area contributed by atoms with Crippen molar-refractivity contribution in [2.75, 3.05) is 7.11 Å². The molecule has 1 aliphatic heterocycles. The van der Waals surface area contributed by atoms with Crippen LogP contribution in [0.15, 0.2) is 34.9 Å². The van der Waals surface area contributed by atoms with E-state index in [2.05, 4.69) is 4.74 Å². The number of ether oxygens (including phenoxy) is 1. The molecule has 2 aliphatic rings. The highest BCUT2D eigenvalue weighted by molar-refractivity contribution is 5.76. The smallest absolute Gasteiger partial charge is 0.313 e. The summed E-state index contributed by atoms with van der Waals surface area (Å²) in [6, 6.07) is 7.71. The minimum atomic E-state index is -0.289. The van der Waals surface area contributed by atoms with Gasteiger partial charge in [0.25, 0.3) is 0 Å². The topological polar surface area (TPSA) is 39.4 Å². The summed E-state index contributed by atoms with van der Waals surface area (Å²) in [7, 11) is 1.37. The molecule has 1 aliphatic carbocycles. The van der Waals surface area contributed by atoms with E-state index < -0.39 is 0 Å². The van der Waals surface area contributed by atoms with Crippen LogP contribution in [0.25, 0.3) is 11.1 Å². The van der Waals surface area contributed by atoms with E-state index in [4.69, 9.17) is 4.42 Å². The van der Waals surface area contributed by atoms with Gasteiger partial charge in [0.05, 0.1) is 13.4 Å². The third kappa shape index (κ3) is 1.48. The molecule has 0 spiro atoms. The van der Waals surface area contributed by atoms with Gasteiger partial charge in [-0.25, -0.2) is 0 Å². The van der Waals surface area contributed by atoms with E-state index in [0.717, 1.165) is 11.1 Å². The number of carbonyl (C=O) groups is 1. The van der Waals surface area contributed by atoms with E-state index >= 15 is 0 Å². The predicted octanol–water partition coefficient (Wildman–Crippen LogP) is 2.10. The Bertz CT molecular complexity index is 417. The molecule has 0 saturated carbocycles. The van der Waals surface area contributed by atoms with Crippen molar-refractivity contribution in [1.29, 1.82) is 0 Å². The highest BCUT2D eigenvalue weighted by atomic mass is 16.5. The molecule has 2 rings (SSSR count). The van der Waals surface area contributed by atoms with Crippen LogP contribution >= 0.6 is 0 Å². The molecule has 0 saturated heterocycles. The Hall–Kier alpha value is -1.77. The molecule has 3 nitrogen and oxygen atoms in total. The number of fused-ring (bicyclic) bond motifs is 1. The molecule has 0 N–H and O–H groups in total. The van der Waals surface area contributed by atoms with Gasteiger partial charge in [-0.2, -0.15) is 0 Å². The second-order valence-corrected chi connectivity index (χ2v) is 2.99. The lowest BCUT2D eigenvalue weighted by Crippen LogP contribution is -2.05. The van der Waals surface area contributed by atoms with Gasteiger partial charge in [0, 0.05) is 5.56 Å². The van der Waals surface area contributed by atoms with Crippen molar-refractivity contribution < 1.29 is 13.9 Å². The van der Waals surface area contributed by atoms with Crippen LogP contribution in [0.3, 0.4) is 0 Å². The van der Waals surface area contributed by atoms with Crippen LogP contribution in [0.4, 0.5) is 0 Å². The van der Waals surface area contributed by atoms with Gasteiger partial charge >= 0.3 is 5.97 Å². The fraction of sp³-hybridized carbons (Fsp3) is 0.182. The summed E-state index contributed by atoms with van der Waals surface area (Å²) in [5.74, 6) is 0.363. The van der Waals surface area contributed by atoms with Crippen LogP contribution in [0.2, 0.25) is 0 Å². The van der Waals surface area contributed by atoms with Crippen molar-refractivity contribution in [1.82, 2.24) is 0 Å². The van der Waals surface area contributed by atoms with E-state index in [-0.39, 0.29) is 12.4 Å². The monoisotopic (exact) mass is 190 g/mol. The molecule has 0 aromatic carbocycles. The lowest BCUT2D eigenvalue weighted by molar-refractivity contribution is -0.140. The first kappa shape index (κ1) is 8.81. The van der Waals surface area contributed by atoms with Gasteiger partial charge in [-0.1, -0.05) is 18.2 Å². The molecular weight excluding hydrogens is 180 g/mol. The Balaban J connectivity index is 2.34. The molecule has 3 heteroatoms. The van der Waals surface area contributed by atoms with E-state index in [9.17, 15) is 4.79 Å². The van der Waals surface area contributed by atoms with E-state index in [0.29, 0.717) is 5.76 Å². The third-order valence-corrected chi connectivity index (χ3v) is 2.14. The minimum absolute atomic E-state index is 0.178. The summed E-state index contributed by atoms with van der Waals surface area (Å²) in [5, 5.41) is 0. The normalized spacial score (nSPS) is 10.4. The van der Waals surface area contributed by atoms with Gasteiger partial charge < -0.3 is 9.15 Å². The molecular formula is C11H10O3. The molecule has 0 fully saturated rings. The first-order valence-electron chi connectivity index (χ1n) is 4.33. The molecule has 0 bridgehead atoms. The summed E-state index contributed by atoms with van der Waals surface area (Å²) < 4.78 is 9.85. The van der Waals surface area contributed by atoms with Gasteiger partial charge in [-0.15, -0.1) is 0 Å². The number of carbonyl (C=O) groups excluding carboxylic acids is 1. The van der Waals surface area contributed by atoms with Crippen molar-refractivity contribution in [2.24, 2.45) is 0 Å². The molecule has 14 heavy (non-hydrogen) atoms. The predicted molar refractivity (Wildman–Crippen MR) is 51.1 cm³/mol. The van der Waals surface area contributed by atoms with E-state index in [1.807, 2.05) is 24.3 Å². The molecule has 0 aromatic rings. The summed E-state index contributed by atoms with van der Waals surface area (Å²) in [5.41, 5.74) is 2.05. The van der Waals surface area contributed by atoms with Crippen LogP contribution in [0, 0.1) is 0 Å².